The second-order valence-corrected chi connectivity index (χ2v) is 2.88. The minimum absolute atomic E-state index is 0.0248. The van der Waals surface area contributed by atoms with Crippen LogP contribution in [0.4, 0.5) is 8.78 Å². The summed E-state index contributed by atoms with van der Waals surface area (Å²) in [7, 11) is 0. The van der Waals surface area contributed by atoms with Gasteiger partial charge in [-0.3, -0.25) is 0 Å². The molecule has 1 heterocycles. The van der Waals surface area contributed by atoms with Gasteiger partial charge in [-0.1, -0.05) is 18.2 Å². The standard InChI is InChI=1S/C10H8F2O/c1-10(11,12)9-6-7-4-2-3-5-8(7)13-9/h2-6H,1H3/i3D,4D. The molecule has 0 aliphatic rings. The number of hydrogen-bond acceptors (Lipinski definition) is 1. The molecular formula is C10H8F2O. The molecule has 1 aromatic carbocycles. The normalized spacial score (nSPS) is 14.4. The minimum atomic E-state index is -3.06. The van der Waals surface area contributed by atoms with Crippen molar-refractivity contribution in [1.29, 1.82) is 0 Å². The van der Waals surface area contributed by atoms with Crippen molar-refractivity contribution in [3.63, 3.8) is 0 Å². The Labute approximate surface area is 76.8 Å². The quantitative estimate of drug-likeness (QED) is 0.660. The van der Waals surface area contributed by atoms with Crippen LogP contribution in [0.15, 0.2) is 34.7 Å². The van der Waals surface area contributed by atoms with Gasteiger partial charge in [-0.25, -0.2) is 0 Å². The highest BCUT2D eigenvalue weighted by Gasteiger charge is 2.28. The summed E-state index contributed by atoms with van der Waals surface area (Å²) in [6, 6.07) is 3.86. The predicted octanol–water partition coefficient (Wildman–Crippen LogP) is 3.54. The second-order valence-electron chi connectivity index (χ2n) is 2.88. The summed E-state index contributed by atoms with van der Waals surface area (Å²) in [6.45, 7) is 0.732. The van der Waals surface area contributed by atoms with Crippen LogP contribution in [-0.2, 0) is 5.92 Å². The molecule has 0 spiro atoms. The van der Waals surface area contributed by atoms with Crippen LogP contribution < -0.4 is 0 Å². The third-order valence-electron chi connectivity index (χ3n) is 1.72. The zero-order valence-corrected chi connectivity index (χ0v) is 6.90. The van der Waals surface area contributed by atoms with Gasteiger partial charge in [0.2, 0.25) is 0 Å². The number of furan rings is 1. The van der Waals surface area contributed by atoms with Crippen molar-refractivity contribution in [1.82, 2.24) is 0 Å². The number of hydrogen-bond donors (Lipinski definition) is 0. The van der Waals surface area contributed by atoms with E-state index in [1.807, 2.05) is 0 Å². The van der Waals surface area contributed by atoms with Crippen LogP contribution in [0.2, 0.25) is 0 Å². The number of fused-ring (bicyclic) bond motifs is 1. The van der Waals surface area contributed by atoms with Crippen molar-refractivity contribution >= 4 is 11.0 Å². The van der Waals surface area contributed by atoms with Crippen LogP contribution in [0.3, 0.4) is 0 Å². The predicted molar refractivity (Wildman–Crippen MR) is 45.8 cm³/mol. The molecule has 0 radical (unpaired) electrons. The van der Waals surface area contributed by atoms with Gasteiger partial charge >= 0.3 is 5.92 Å². The van der Waals surface area contributed by atoms with Crippen molar-refractivity contribution in [3.8, 4) is 0 Å². The Morgan fingerprint density at radius 1 is 1.54 bits per heavy atom. The lowest BCUT2D eigenvalue weighted by atomic mass is 10.2. The molecule has 3 heteroatoms. The molecule has 0 saturated carbocycles. The summed E-state index contributed by atoms with van der Waals surface area (Å²) in [4.78, 5) is 0. The first-order valence-electron chi connectivity index (χ1n) is 4.77. The highest BCUT2D eigenvalue weighted by atomic mass is 19.3. The maximum Gasteiger partial charge on any atom is 0.301 e. The highest BCUT2D eigenvalue weighted by Crippen LogP contribution is 2.31. The third-order valence-corrected chi connectivity index (χ3v) is 1.72. The van der Waals surface area contributed by atoms with E-state index in [0.29, 0.717) is 5.39 Å². The summed E-state index contributed by atoms with van der Waals surface area (Å²) in [5.74, 6) is -3.54. The minimum Gasteiger partial charge on any atom is -0.455 e. The maximum atomic E-state index is 12.9. The summed E-state index contributed by atoms with van der Waals surface area (Å²) in [6.07, 6.45) is 0. The lowest BCUT2D eigenvalue weighted by molar-refractivity contribution is -0.00382. The van der Waals surface area contributed by atoms with Crippen LogP contribution in [0, 0.1) is 0 Å². The Bertz CT molecular complexity index is 514. The first-order chi connectivity index (χ1) is 6.88. The molecule has 2 rings (SSSR count). The number of para-hydroxylation sites is 1. The zero-order valence-electron chi connectivity index (χ0n) is 8.90. The summed E-state index contributed by atoms with van der Waals surface area (Å²) in [5, 5.41) is 0.308. The molecule has 0 atom stereocenters. The highest BCUT2D eigenvalue weighted by molar-refractivity contribution is 5.77. The van der Waals surface area contributed by atoms with E-state index in [-0.39, 0.29) is 17.7 Å². The molecule has 0 aliphatic heterocycles. The number of rotatable bonds is 1. The molecule has 0 fully saturated rings. The summed E-state index contributed by atoms with van der Waals surface area (Å²) < 4.78 is 45.6. The lowest BCUT2D eigenvalue weighted by Gasteiger charge is -2.03. The van der Waals surface area contributed by atoms with E-state index in [2.05, 4.69) is 0 Å². The van der Waals surface area contributed by atoms with E-state index in [4.69, 9.17) is 7.16 Å². The van der Waals surface area contributed by atoms with Gasteiger partial charge in [-0.2, -0.15) is 8.78 Å². The van der Waals surface area contributed by atoms with Gasteiger partial charge in [0.15, 0.2) is 5.76 Å². The van der Waals surface area contributed by atoms with Crippen LogP contribution in [0.25, 0.3) is 11.0 Å². The van der Waals surface area contributed by atoms with E-state index in [1.54, 1.807) is 0 Å². The Morgan fingerprint density at radius 2 is 2.31 bits per heavy atom. The molecule has 0 saturated heterocycles. The fraction of sp³-hybridized carbons (Fsp3) is 0.200. The van der Waals surface area contributed by atoms with Crippen molar-refractivity contribution in [3.05, 3.63) is 36.0 Å². The average molecular weight is 184 g/mol. The monoisotopic (exact) mass is 184 g/mol. The van der Waals surface area contributed by atoms with Crippen molar-refractivity contribution < 1.29 is 15.9 Å². The van der Waals surface area contributed by atoms with Gasteiger partial charge in [-0.15, -0.1) is 0 Å². The molecule has 0 amide bonds. The molecule has 2 aromatic rings. The Kier molecular flexibility index (Phi) is 1.20. The number of halogens is 2. The van der Waals surface area contributed by atoms with Crippen LogP contribution >= 0.6 is 0 Å². The van der Waals surface area contributed by atoms with E-state index < -0.39 is 11.7 Å². The van der Waals surface area contributed by atoms with Gasteiger partial charge in [0.1, 0.15) is 5.58 Å². The maximum absolute atomic E-state index is 12.9. The molecule has 1 nitrogen and oxygen atoms in total. The average Bonchev–Trinajstić information content (AvgIpc) is 2.46. The molecule has 0 unspecified atom stereocenters. The molecule has 13 heavy (non-hydrogen) atoms. The van der Waals surface area contributed by atoms with Gasteiger partial charge in [0, 0.05) is 12.3 Å². The fourth-order valence-corrected chi connectivity index (χ4v) is 1.08. The first kappa shape index (κ1) is 6.13. The Balaban J connectivity index is 2.71. The Hall–Kier alpha value is -1.38. The topological polar surface area (TPSA) is 13.1 Å². The molecular weight excluding hydrogens is 174 g/mol. The van der Waals surface area contributed by atoms with Crippen molar-refractivity contribution in [2.75, 3.05) is 0 Å². The molecule has 0 bridgehead atoms. The smallest absolute Gasteiger partial charge is 0.301 e. The van der Waals surface area contributed by atoms with Gasteiger partial charge < -0.3 is 4.42 Å². The van der Waals surface area contributed by atoms with Crippen molar-refractivity contribution in [2.24, 2.45) is 0 Å². The van der Waals surface area contributed by atoms with Gasteiger partial charge in [0.25, 0.3) is 0 Å². The largest absolute Gasteiger partial charge is 0.455 e. The lowest BCUT2D eigenvalue weighted by Crippen LogP contribution is -2.04. The first-order valence-corrected chi connectivity index (χ1v) is 3.77. The van der Waals surface area contributed by atoms with E-state index in [0.717, 1.165) is 13.0 Å². The Morgan fingerprint density at radius 3 is 3.00 bits per heavy atom. The van der Waals surface area contributed by atoms with Crippen LogP contribution in [0.5, 0.6) is 0 Å². The number of benzene rings is 1. The molecule has 1 aromatic heterocycles. The second kappa shape index (κ2) is 2.55. The third kappa shape index (κ3) is 1.41. The molecule has 0 N–H and O–H groups in total. The number of alkyl halides is 2. The van der Waals surface area contributed by atoms with E-state index in [1.165, 1.54) is 12.1 Å². The molecule has 0 aliphatic carbocycles. The summed E-state index contributed by atoms with van der Waals surface area (Å²) >= 11 is 0. The van der Waals surface area contributed by atoms with Crippen molar-refractivity contribution in [2.45, 2.75) is 12.8 Å². The van der Waals surface area contributed by atoms with Crippen LogP contribution in [0.1, 0.15) is 15.4 Å². The van der Waals surface area contributed by atoms with Gasteiger partial charge in [-0.05, 0) is 12.1 Å². The van der Waals surface area contributed by atoms with E-state index in [9.17, 15) is 8.78 Å². The molecule has 68 valence electrons. The zero-order chi connectivity index (χ0) is 11.2. The van der Waals surface area contributed by atoms with Crippen LogP contribution in [-0.4, -0.2) is 0 Å². The fourth-order valence-electron chi connectivity index (χ4n) is 1.08. The van der Waals surface area contributed by atoms with E-state index >= 15 is 0 Å². The SMILES string of the molecule is [2H]c1cc([2H])c2cc(C(C)(F)F)oc2c1. The summed E-state index contributed by atoms with van der Waals surface area (Å²) in [5.41, 5.74) is 0.157. The van der Waals surface area contributed by atoms with Gasteiger partial charge in [0.05, 0.1) is 2.74 Å².